The molecule has 1 aliphatic carbocycles. The van der Waals surface area contributed by atoms with E-state index < -0.39 is 10.0 Å². The van der Waals surface area contributed by atoms with Crippen LogP contribution >= 0.6 is 0 Å². The Labute approximate surface area is 128 Å². The zero-order chi connectivity index (χ0) is 15.5. The van der Waals surface area contributed by atoms with Gasteiger partial charge in [-0.25, -0.2) is 8.42 Å². The van der Waals surface area contributed by atoms with Crippen LogP contribution in [-0.4, -0.2) is 25.3 Å². The molecule has 0 saturated heterocycles. The molecule has 1 aromatic carbocycles. The molecule has 1 saturated carbocycles. The predicted molar refractivity (Wildman–Crippen MR) is 86.5 cm³/mol. The van der Waals surface area contributed by atoms with Crippen LogP contribution in [0.3, 0.4) is 0 Å². The minimum absolute atomic E-state index is 0.133. The number of para-hydroxylation sites is 1. The third-order valence-electron chi connectivity index (χ3n) is 4.16. The predicted octanol–water partition coefficient (Wildman–Crippen LogP) is 3.25. The number of hydrogen-bond donors (Lipinski definition) is 1. The quantitative estimate of drug-likeness (QED) is 0.820. The lowest BCUT2D eigenvalue weighted by Crippen LogP contribution is -2.40. The van der Waals surface area contributed by atoms with Gasteiger partial charge >= 0.3 is 0 Å². The second-order valence-electron chi connectivity index (χ2n) is 6.27. The number of nitrogens with zero attached hydrogens (tertiary/aromatic N) is 1. The number of anilines is 1. The summed E-state index contributed by atoms with van der Waals surface area (Å²) in [6.45, 7) is 4.83. The first-order valence-corrected chi connectivity index (χ1v) is 9.23. The van der Waals surface area contributed by atoms with Crippen LogP contribution < -0.4 is 5.73 Å². The molecule has 21 heavy (non-hydrogen) atoms. The summed E-state index contributed by atoms with van der Waals surface area (Å²) in [4.78, 5) is 0.251. The first-order chi connectivity index (χ1) is 9.93. The Morgan fingerprint density at radius 2 is 1.86 bits per heavy atom. The Balaban J connectivity index is 2.32. The van der Waals surface area contributed by atoms with Crippen LogP contribution in [0, 0.1) is 5.92 Å². The Morgan fingerprint density at radius 1 is 1.24 bits per heavy atom. The van der Waals surface area contributed by atoms with Crippen LogP contribution in [0.15, 0.2) is 29.2 Å². The number of hydrogen-bond acceptors (Lipinski definition) is 3. The molecular formula is C16H26N2O2S. The van der Waals surface area contributed by atoms with E-state index in [4.69, 9.17) is 5.73 Å². The molecule has 2 rings (SSSR count). The van der Waals surface area contributed by atoms with E-state index in [1.807, 2.05) is 0 Å². The van der Waals surface area contributed by atoms with Crippen LogP contribution in [0.1, 0.15) is 46.0 Å². The highest BCUT2D eigenvalue weighted by Gasteiger charge is 2.33. The molecule has 4 nitrogen and oxygen atoms in total. The van der Waals surface area contributed by atoms with Crippen molar-refractivity contribution in [2.45, 2.75) is 56.9 Å². The highest BCUT2D eigenvalue weighted by Crippen LogP contribution is 2.31. The van der Waals surface area contributed by atoms with Gasteiger partial charge in [-0.1, -0.05) is 38.8 Å². The van der Waals surface area contributed by atoms with Gasteiger partial charge in [0.05, 0.1) is 5.69 Å². The van der Waals surface area contributed by atoms with E-state index in [0.717, 1.165) is 32.1 Å². The van der Waals surface area contributed by atoms with Gasteiger partial charge in [0.1, 0.15) is 4.90 Å². The fraction of sp³-hybridized carbons (Fsp3) is 0.625. The second-order valence-corrected chi connectivity index (χ2v) is 8.13. The van der Waals surface area contributed by atoms with Gasteiger partial charge in [0.15, 0.2) is 0 Å². The van der Waals surface area contributed by atoms with E-state index in [1.165, 1.54) is 0 Å². The Morgan fingerprint density at radius 3 is 2.43 bits per heavy atom. The van der Waals surface area contributed by atoms with Crippen molar-refractivity contribution in [1.82, 2.24) is 4.31 Å². The third kappa shape index (κ3) is 3.77. The zero-order valence-corrected chi connectivity index (χ0v) is 13.8. The van der Waals surface area contributed by atoms with Gasteiger partial charge < -0.3 is 5.73 Å². The summed E-state index contributed by atoms with van der Waals surface area (Å²) in [6.07, 6.45) is 5.03. The van der Waals surface area contributed by atoms with Crippen LogP contribution in [0.4, 0.5) is 5.69 Å². The average molecular weight is 310 g/mol. The minimum Gasteiger partial charge on any atom is -0.398 e. The summed E-state index contributed by atoms with van der Waals surface area (Å²) in [7, 11) is -3.50. The smallest absolute Gasteiger partial charge is 0.245 e. The van der Waals surface area contributed by atoms with Gasteiger partial charge in [-0.2, -0.15) is 4.31 Å². The van der Waals surface area contributed by atoms with Gasteiger partial charge in [-0.05, 0) is 37.3 Å². The molecule has 118 valence electrons. The summed E-state index contributed by atoms with van der Waals surface area (Å²) in [5.41, 5.74) is 6.23. The number of rotatable bonds is 6. The summed E-state index contributed by atoms with van der Waals surface area (Å²) in [6, 6.07) is 6.90. The van der Waals surface area contributed by atoms with Crippen molar-refractivity contribution in [3.8, 4) is 0 Å². The molecule has 0 aliphatic heterocycles. The van der Waals surface area contributed by atoms with Crippen LogP contribution in [0.2, 0.25) is 0 Å². The molecule has 0 heterocycles. The molecule has 5 heteroatoms. The van der Waals surface area contributed by atoms with E-state index in [-0.39, 0.29) is 10.9 Å². The zero-order valence-electron chi connectivity index (χ0n) is 13.0. The molecule has 0 unspecified atom stereocenters. The van der Waals surface area contributed by atoms with Crippen LogP contribution in [0.5, 0.6) is 0 Å². The molecule has 0 atom stereocenters. The molecular weight excluding hydrogens is 284 g/mol. The summed E-state index contributed by atoms with van der Waals surface area (Å²) in [5.74, 6) is 0.484. The number of nitrogens with two attached hydrogens (primary N) is 1. The summed E-state index contributed by atoms with van der Waals surface area (Å²) in [5, 5.41) is 0. The van der Waals surface area contributed by atoms with Crippen molar-refractivity contribution >= 4 is 15.7 Å². The number of benzene rings is 1. The topological polar surface area (TPSA) is 63.4 Å². The summed E-state index contributed by atoms with van der Waals surface area (Å²) >= 11 is 0. The van der Waals surface area contributed by atoms with E-state index in [1.54, 1.807) is 28.6 Å². The lowest BCUT2D eigenvalue weighted by atomic mass is 10.1. The van der Waals surface area contributed by atoms with Crippen LogP contribution in [-0.2, 0) is 10.0 Å². The van der Waals surface area contributed by atoms with E-state index in [9.17, 15) is 8.42 Å². The van der Waals surface area contributed by atoms with Gasteiger partial charge in [-0.15, -0.1) is 0 Å². The fourth-order valence-electron chi connectivity index (χ4n) is 2.92. The van der Waals surface area contributed by atoms with Gasteiger partial charge in [0.25, 0.3) is 0 Å². The van der Waals surface area contributed by atoms with Crippen LogP contribution in [0.25, 0.3) is 0 Å². The van der Waals surface area contributed by atoms with E-state index in [0.29, 0.717) is 18.2 Å². The lowest BCUT2D eigenvalue weighted by molar-refractivity contribution is 0.305. The monoisotopic (exact) mass is 310 g/mol. The Hall–Kier alpha value is -1.07. The second kappa shape index (κ2) is 6.79. The fourth-order valence-corrected chi connectivity index (χ4v) is 4.74. The first-order valence-electron chi connectivity index (χ1n) is 7.79. The molecule has 0 radical (unpaired) electrons. The summed E-state index contributed by atoms with van der Waals surface area (Å²) < 4.78 is 27.7. The number of sulfonamides is 1. The van der Waals surface area contributed by atoms with Crippen molar-refractivity contribution in [3.05, 3.63) is 24.3 Å². The maximum Gasteiger partial charge on any atom is 0.245 e. The molecule has 0 bridgehead atoms. The van der Waals surface area contributed by atoms with Crippen molar-refractivity contribution < 1.29 is 8.42 Å². The van der Waals surface area contributed by atoms with Gasteiger partial charge in [0.2, 0.25) is 10.0 Å². The highest BCUT2D eigenvalue weighted by molar-refractivity contribution is 7.89. The molecule has 0 aromatic heterocycles. The maximum absolute atomic E-state index is 13.0. The van der Waals surface area contributed by atoms with Crippen molar-refractivity contribution in [1.29, 1.82) is 0 Å². The lowest BCUT2D eigenvalue weighted by Gasteiger charge is -2.29. The normalized spacial score (nSPS) is 17.0. The maximum atomic E-state index is 13.0. The molecule has 1 fully saturated rings. The molecule has 2 N–H and O–H groups in total. The first kappa shape index (κ1) is 16.3. The molecule has 1 aliphatic rings. The Bertz CT molecular complexity index is 563. The molecule has 0 amide bonds. The Kier molecular flexibility index (Phi) is 5.27. The van der Waals surface area contributed by atoms with Crippen molar-refractivity contribution in [3.63, 3.8) is 0 Å². The van der Waals surface area contributed by atoms with Gasteiger partial charge in [-0.3, -0.25) is 0 Å². The average Bonchev–Trinajstić information content (AvgIpc) is 2.92. The highest BCUT2D eigenvalue weighted by atomic mass is 32.2. The standard InChI is InChI=1S/C16H26N2O2S/c1-13(2)11-12-18(14-7-3-4-8-14)21(19,20)16-10-6-5-9-15(16)17/h5-6,9-10,13-14H,3-4,7-8,11-12,17H2,1-2H3. The van der Waals surface area contributed by atoms with Gasteiger partial charge in [0, 0.05) is 12.6 Å². The van der Waals surface area contributed by atoms with Crippen molar-refractivity contribution in [2.24, 2.45) is 5.92 Å². The van der Waals surface area contributed by atoms with Crippen molar-refractivity contribution in [2.75, 3.05) is 12.3 Å². The minimum atomic E-state index is -3.50. The molecule has 1 aromatic rings. The van der Waals surface area contributed by atoms with E-state index >= 15 is 0 Å². The largest absolute Gasteiger partial charge is 0.398 e. The number of nitrogen functional groups attached to an aromatic ring is 1. The third-order valence-corrected chi connectivity index (χ3v) is 6.19. The SMILES string of the molecule is CC(C)CCN(C1CCCC1)S(=O)(=O)c1ccccc1N. The van der Waals surface area contributed by atoms with E-state index in [2.05, 4.69) is 13.8 Å². The molecule has 0 spiro atoms.